The summed E-state index contributed by atoms with van der Waals surface area (Å²) in [5.74, 6) is 1.24. The van der Waals surface area contributed by atoms with E-state index in [0.29, 0.717) is 12.6 Å². The van der Waals surface area contributed by atoms with E-state index < -0.39 is 0 Å². The number of hydrogen-bond donors (Lipinski definition) is 1. The Balaban J connectivity index is 2.16. The number of benzene rings is 1. The van der Waals surface area contributed by atoms with Crippen LogP contribution in [0.1, 0.15) is 36.1 Å². The van der Waals surface area contributed by atoms with E-state index >= 15 is 0 Å². The Kier molecular flexibility index (Phi) is 5.31. The highest BCUT2D eigenvalue weighted by molar-refractivity contribution is 8.00. The lowest BCUT2D eigenvalue weighted by molar-refractivity contribution is 0.207. The maximum absolute atomic E-state index is 6.06. The monoisotopic (exact) mass is 278 g/mol. The van der Waals surface area contributed by atoms with Gasteiger partial charge in [-0.05, 0) is 37.0 Å². The van der Waals surface area contributed by atoms with Crippen molar-refractivity contribution in [1.82, 2.24) is 4.90 Å². The third kappa shape index (κ3) is 3.53. The average molecular weight is 278 g/mol. The Morgan fingerprint density at radius 1 is 1.37 bits per heavy atom. The Morgan fingerprint density at radius 2 is 2.16 bits per heavy atom. The van der Waals surface area contributed by atoms with Gasteiger partial charge in [0.25, 0.3) is 0 Å². The van der Waals surface area contributed by atoms with Crippen molar-refractivity contribution >= 4 is 11.8 Å². The van der Waals surface area contributed by atoms with Crippen molar-refractivity contribution in [3.63, 3.8) is 0 Å². The molecule has 2 nitrogen and oxygen atoms in total. The van der Waals surface area contributed by atoms with Crippen LogP contribution in [0.15, 0.2) is 18.2 Å². The molecule has 0 aliphatic carbocycles. The highest BCUT2D eigenvalue weighted by Gasteiger charge is 2.25. The first-order chi connectivity index (χ1) is 9.15. The molecule has 106 valence electrons. The van der Waals surface area contributed by atoms with Crippen LogP contribution >= 0.6 is 11.8 Å². The molecule has 0 amide bonds. The minimum Gasteiger partial charge on any atom is -0.329 e. The third-order valence-electron chi connectivity index (χ3n) is 4.21. The van der Waals surface area contributed by atoms with Gasteiger partial charge < -0.3 is 5.73 Å². The topological polar surface area (TPSA) is 29.3 Å². The molecule has 1 aliphatic heterocycles. The predicted molar refractivity (Wildman–Crippen MR) is 85.8 cm³/mol. The number of nitrogens with two attached hydrogens (primary N) is 1. The van der Waals surface area contributed by atoms with Gasteiger partial charge in [0.2, 0.25) is 0 Å². The zero-order valence-electron chi connectivity index (χ0n) is 12.4. The standard InChI is InChI=1S/C16H26N2S/c1-4-15-11-18(7-8-19-15)16(10-17)14-6-5-12(2)13(3)9-14/h5-6,9,15-16H,4,7-8,10-11,17H2,1-3H3. The van der Waals surface area contributed by atoms with Crippen molar-refractivity contribution in [2.24, 2.45) is 5.73 Å². The first-order valence-corrected chi connectivity index (χ1v) is 8.33. The average Bonchev–Trinajstić information content (AvgIpc) is 2.44. The lowest BCUT2D eigenvalue weighted by Gasteiger charge is -2.37. The fraction of sp³-hybridized carbons (Fsp3) is 0.625. The zero-order chi connectivity index (χ0) is 13.8. The molecule has 2 rings (SSSR count). The van der Waals surface area contributed by atoms with Gasteiger partial charge in [-0.3, -0.25) is 4.90 Å². The summed E-state index contributed by atoms with van der Waals surface area (Å²) >= 11 is 2.11. The Morgan fingerprint density at radius 3 is 2.79 bits per heavy atom. The van der Waals surface area contributed by atoms with Crippen molar-refractivity contribution in [3.05, 3.63) is 34.9 Å². The summed E-state index contributed by atoms with van der Waals surface area (Å²) in [5.41, 5.74) is 10.2. The van der Waals surface area contributed by atoms with Crippen LogP contribution in [0.25, 0.3) is 0 Å². The van der Waals surface area contributed by atoms with Crippen molar-refractivity contribution in [2.45, 2.75) is 38.5 Å². The van der Waals surface area contributed by atoms with Crippen LogP contribution in [0, 0.1) is 13.8 Å². The molecule has 0 saturated carbocycles. The Labute approximate surface area is 121 Å². The second-order valence-electron chi connectivity index (χ2n) is 5.49. The summed E-state index contributed by atoms with van der Waals surface area (Å²) < 4.78 is 0. The fourth-order valence-electron chi connectivity index (χ4n) is 2.74. The minimum atomic E-state index is 0.384. The van der Waals surface area contributed by atoms with Crippen molar-refractivity contribution in [2.75, 3.05) is 25.4 Å². The number of aryl methyl sites for hydroxylation is 2. The molecule has 1 aromatic carbocycles. The number of hydrogen-bond acceptors (Lipinski definition) is 3. The molecular weight excluding hydrogens is 252 g/mol. The molecule has 1 heterocycles. The van der Waals surface area contributed by atoms with Crippen molar-refractivity contribution in [1.29, 1.82) is 0 Å². The number of rotatable bonds is 4. The molecule has 0 spiro atoms. The lowest BCUT2D eigenvalue weighted by atomic mass is 9.99. The molecule has 3 heteroatoms. The van der Waals surface area contributed by atoms with E-state index in [4.69, 9.17) is 5.73 Å². The number of thioether (sulfide) groups is 1. The van der Waals surface area contributed by atoms with Crippen molar-refractivity contribution < 1.29 is 0 Å². The molecule has 1 saturated heterocycles. The third-order valence-corrected chi connectivity index (χ3v) is 5.58. The lowest BCUT2D eigenvalue weighted by Crippen LogP contribution is -2.42. The van der Waals surface area contributed by atoms with Crippen LogP contribution in [0.5, 0.6) is 0 Å². The Bertz CT molecular complexity index is 419. The zero-order valence-corrected chi connectivity index (χ0v) is 13.2. The van der Waals surface area contributed by atoms with E-state index in [-0.39, 0.29) is 0 Å². The van der Waals surface area contributed by atoms with Gasteiger partial charge in [-0.25, -0.2) is 0 Å². The van der Waals surface area contributed by atoms with Crippen molar-refractivity contribution in [3.8, 4) is 0 Å². The first-order valence-electron chi connectivity index (χ1n) is 7.28. The van der Waals surface area contributed by atoms with E-state index in [9.17, 15) is 0 Å². The largest absolute Gasteiger partial charge is 0.329 e. The van der Waals surface area contributed by atoms with E-state index in [1.807, 2.05) is 0 Å². The second-order valence-corrected chi connectivity index (χ2v) is 6.90. The highest BCUT2D eigenvalue weighted by atomic mass is 32.2. The normalized spacial score (nSPS) is 22.4. The summed E-state index contributed by atoms with van der Waals surface area (Å²) in [7, 11) is 0. The van der Waals surface area contributed by atoms with E-state index in [1.54, 1.807) is 0 Å². The van der Waals surface area contributed by atoms with Gasteiger partial charge in [-0.2, -0.15) is 11.8 Å². The molecule has 1 aliphatic rings. The summed E-state index contributed by atoms with van der Waals surface area (Å²) in [6, 6.07) is 7.18. The molecule has 2 unspecified atom stereocenters. The molecular formula is C16H26N2S. The van der Waals surface area contributed by atoms with Crippen LogP contribution in [0.4, 0.5) is 0 Å². The summed E-state index contributed by atoms with van der Waals surface area (Å²) in [6.07, 6.45) is 1.26. The van der Waals surface area contributed by atoms with Gasteiger partial charge in [0.15, 0.2) is 0 Å². The fourth-order valence-corrected chi connectivity index (χ4v) is 3.95. The van der Waals surface area contributed by atoms with Gasteiger partial charge in [0.1, 0.15) is 0 Å². The summed E-state index contributed by atoms with van der Waals surface area (Å²) in [4.78, 5) is 2.58. The van der Waals surface area contributed by atoms with Gasteiger partial charge >= 0.3 is 0 Å². The molecule has 0 bridgehead atoms. The molecule has 2 atom stereocenters. The molecule has 19 heavy (non-hydrogen) atoms. The summed E-state index contributed by atoms with van der Waals surface area (Å²) in [5, 5.41) is 0.773. The van der Waals surface area contributed by atoms with Crippen LogP contribution in [0.2, 0.25) is 0 Å². The van der Waals surface area contributed by atoms with E-state index in [1.165, 1.54) is 35.4 Å². The molecule has 1 aromatic rings. The van der Waals surface area contributed by atoms with Crippen LogP contribution in [0.3, 0.4) is 0 Å². The van der Waals surface area contributed by atoms with Crippen LogP contribution in [-0.4, -0.2) is 35.5 Å². The molecule has 0 radical (unpaired) electrons. The van der Waals surface area contributed by atoms with Gasteiger partial charge in [0.05, 0.1) is 0 Å². The smallest absolute Gasteiger partial charge is 0.0471 e. The molecule has 2 N–H and O–H groups in total. The summed E-state index contributed by atoms with van der Waals surface area (Å²) in [6.45, 7) is 9.69. The van der Waals surface area contributed by atoms with Gasteiger partial charge in [-0.15, -0.1) is 0 Å². The molecule has 1 fully saturated rings. The second kappa shape index (κ2) is 6.78. The van der Waals surface area contributed by atoms with Crippen LogP contribution in [-0.2, 0) is 0 Å². The maximum atomic E-state index is 6.06. The minimum absolute atomic E-state index is 0.384. The Hall–Kier alpha value is -0.510. The van der Waals surface area contributed by atoms with Crippen LogP contribution < -0.4 is 5.73 Å². The SMILES string of the molecule is CCC1CN(C(CN)c2ccc(C)c(C)c2)CCS1. The van der Waals surface area contributed by atoms with Gasteiger partial charge in [0, 0.05) is 36.7 Å². The maximum Gasteiger partial charge on any atom is 0.0471 e. The quantitative estimate of drug-likeness (QED) is 0.917. The van der Waals surface area contributed by atoms with E-state index in [0.717, 1.165) is 11.8 Å². The highest BCUT2D eigenvalue weighted by Crippen LogP contribution is 2.29. The molecule has 0 aromatic heterocycles. The predicted octanol–water partition coefficient (Wildman–Crippen LogP) is 3.13. The number of nitrogens with zero attached hydrogens (tertiary/aromatic N) is 1. The van der Waals surface area contributed by atoms with E-state index in [2.05, 4.69) is 55.6 Å². The van der Waals surface area contributed by atoms with Gasteiger partial charge in [-0.1, -0.05) is 25.1 Å². The first kappa shape index (κ1) is 14.9.